The largest absolute Gasteiger partial charge is 0.366 e. The van der Waals surface area contributed by atoms with Crippen LogP contribution in [0.2, 0.25) is 0 Å². The minimum Gasteiger partial charge on any atom is -0.366 e. The van der Waals surface area contributed by atoms with Crippen LogP contribution in [0.25, 0.3) is 11.4 Å². The number of anilines is 1. The molecule has 2 aromatic rings. The number of rotatable bonds is 4. The lowest BCUT2D eigenvalue weighted by atomic mass is 10.2. The number of nitrogens with one attached hydrogen (secondary N) is 2. The zero-order valence-electron chi connectivity index (χ0n) is 12.5. The second-order valence-corrected chi connectivity index (χ2v) is 5.12. The molecule has 1 saturated heterocycles. The van der Waals surface area contributed by atoms with Crippen LogP contribution in [0.5, 0.6) is 0 Å². The lowest BCUT2D eigenvalue weighted by molar-refractivity contribution is -0.132. The van der Waals surface area contributed by atoms with Crippen LogP contribution in [0, 0.1) is 0 Å². The lowest BCUT2D eigenvalue weighted by Crippen LogP contribution is -2.47. The molecule has 3 heterocycles. The van der Waals surface area contributed by atoms with E-state index in [4.69, 9.17) is 4.74 Å². The molecule has 0 radical (unpaired) electrons. The summed E-state index contributed by atoms with van der Waals surface area (Å²) >= 11 is 0. The SMILES string of the molecule is CCN1CCOC(C(=O)Nc2cn[nH]c2-c2ccccn2)C1. The smallest absolute Gasteiger partial charge is 0.254 e. The summed E-state index contributed by atoms with van der Waals surface area (Å²) in [5.41, 5.74) is 2.04. The number of morpholine rings is 1. The molecule has 7 heteroatoms. The van der Waals surface area contributed by atoms with Crippen LogP contribution in [0.4, 0.5) is 5.69 Å². The third-order valence-electron chi connectivity index (χ3n) is 3.71. The van der Waals surface area contributed by atoms with Gasteiger partial charge in [-0.2, -0.15) is 5.10 Å². The standard InChI is InChI=1S/C15H19N5O2/c1-2-20-7-8-22-13(10-20)15(21)18-12-9-17-19-14(12)11-5-3-4-6-16-11/h3-6,9,13H,2,7-8,10H2,1H3,(H,17,19)(H,18,21). The predicted molar refractivity (Wildman–Crippen MR) is 82.3 cm³/mol. The van der Waals surface area contributed by atoms with E-state index in [0.717, 1.165) is 18.8 Å². The van der Waals surface area contributed by atoms with Gasteiger partial charge in [0.15, 0.2) is 0 Å². The summed E-state index contributed by atoms with van der Waals surface area (Å²) in [5, 5.41) is 9.75. The number of ether oxygens (including phenoxy) is 1. The maximum absolute atomic E-state index is 12.4. The van der Waals surface area contributed by atoms with E-state index in [1.54, 1.807) is 12.4 Å². The molecule has 1 atom stereocenters. The van der Waals surface area contributed by atoms with Crippen molar-refractivity contribution in [2.45, 2.75) is 13.0 Å². The number of likely N-dealkylation sites (N-methyl/N-ethyl adjacent to an activating group) is 1. The van der Waals surface area contributed by atoms with Crippen molar-refractivity contribution in [3.8, 4) is 11.4 Å². The Morgan fingerprint density at radius 2 is 2.45 bits per heavy atom. The molecule has 0 saturated carbocycles. The molecule has 3 rings (SSSR count). The fourth-order valence-corrected chi connectivity index (χ4v) is 2.45. The van der Waals surface area contributed by atoms with E-state index in [1.807, 2.05) is 18.2 Å². The van der Waals surface area contributed by atoms with Crippen molar-refractivity contribution in [2.24, 2.45) is 0 Å². The van der Waals surface area contributed by atoms with Gasteiger partial charge in [0.2, 0.25) is 0 Å². The lowest BCUT2D eigenvalue weighted by Gasteiger charge is -2.31. The van der Waals surface area contributed by atoms with Crippen LogP contribution in [-0.4, -0.2) is 58.3 Å². The monoisotopic (exact) mass is 301 g/mol. The van der Waals surface area contributed by atoms with E-state index in [9.17, 15) is 4.79 Å². The first kappa shape index (κ1) is 14.7. The number of carbonyl (C=O) groups excluding carboxylic acids is 1. The summed E-state index contributed by atoms with van der Waals surface area (Å²) in [5.74, 6) is -0.156. The summed E-state index contributed by atoms with van der Waals surface area (Å²) in [4.78, 5) is 18.8. The first-order chi connectivity index (χ1) is 10.8. The van der Waals surface area contributed by atoms with Crippen molar-refractivity contribution in [3.05, 3.63) is 30.6 Å². The highest BCUT2D eigenvalue weighted by molar-refractivity contribution is 5.97. The highest BCUT2D eigenvalue weighted by Gasteiger charge is 2.26. The second kappa shape index (κ2) is 6.67. The Kier molecular flexibility index (Phi) is 4.45. The van der Waals surface area contributed by atoms with Gasteiger partial charge < -0.3 is 10.1 Å². The van der Waals surface area contributed by atoms with Crippen LogP contribution in [0.1, 0.15) is 6.92 Å². The van der Waals surface area contributed by atoms with Gasteiger partial charge in [0.05, 0.1) is 24.2 Å². The number of aromatic nitrogens is 3. The Morgan fingerprint density at radius 1 is 1.55 bits per heavy atom. The van der Waals surface area contributed by atoms with Gasteiger partial charge in [-0.25, -0.2) is 0 Å². The van der Waals surface area contributed by atoms with Crippen LogP contribution in [-0.2, 0) is 9.53 Å². The van der Waals surface area contributed by atoms with Crippen LogP contribution < -0.4 is 5.32 Å². The van der Waals surface area contributed by atoms with E-state index in [1.165, 1.54) is 0 Å². The second-order valence-electron chi connectivity index (χ2n) is 5.12. The number of amides is 1. The molecule has 1 aliphatic rings. The van der Waals surface area contributed by atoms with Crippen molar-refractivity contribution < 1.29 is 9.53 Å². The number of carbonyl (C=O) groups is 1. The highest BCUT2D eigenvalue weighted by atomic mass is 16.5. The maximum Gasteiger partial charge on any atom is 0.254 e. The molecule has 2 N–H and O–H groups in total. The van der Waals surface area contributed by atoms with E-state index >= 15 is 0 Å². The molecule has 2 aromatic heterocycles. The zero-order valence-corrected chi connectivity index (χ0v) is 12.5. The third-order valence-corrected chi connectivity index (χ3v) is 3.71. The van der Waals surface area contributed by atoms with E-state index in [-0.39, 0.29) is 5.91 Å². The fraction of sp³-hybridized carbons (Fsp3) is 0.400. The molecule has 1 unspecified atom stereocenters. The molecular formula is C15H19N5O2. The molecule has 1 fully saturated rings. The Hall–Kier alpha value is -2.25. The summed E-state index contributed by atoms with van der Waals surface area (Å²) in [6.07, 6.45) is 2.83. The van der Waals surface area contributed by atoms with Gasteiger partial charge in [0.1, 0.15) is 11.8 Å². The quantitative estimate of drug-likeness (QED) is 0.884. The van der Waals surface area contributed by atoms with Crippen molar-refractivity contribution in [2.75, 3.05) is 31.6 Å². The summed E-state index contributed by atoms with van der Waals surface area (Å²) in [6, 6.07) is 5.59. The molecule has 7 nitrogen and oxygen atoms in total. The third kappa shape index (κ3) is 3.15. The van der Waals surface area contributed by atoms with Gasteiger partial charge in [-0.1, -0.05) is 13.0 Å². The van der Waals surface area contributed by atoms with Crippen LogP contribution >= 0.6 is 0 Å². The molecule has 22 heavy (non-hydrogen) atoms. The summed E-state index contributed by atoms with van der Waals surface area (Å²) in [6.45, 7) is 5.04. The Balaban J connectivity index is 1.71. The van der Waals surface area contributed by atoms with Gasteiger partial charge in [0, 0.05) is 19.3 Å². The molecule has 0 aliphatic carbocycles. The van der Waals surface area contributed by atoms with Crippen molar-refractivity contribution in [3.63, 3.8) is 0 Å². The molecule has 0 bridgehead atoms. The minimum absolute atomic E-state index is 0.156. The van der Waals surface area contributed by atoms with Crippen LogP contribution in [0.3, 0.4) is 0 Å². The summed E-state index contributed by atoms with van der Waals surface area (Å²) in [7, 11) is 0. The van der Waals surface area contributed by atoms with Gasteiger partial charge in [-0.05, 0) is 18.7 Å². The van der Waals surface area contributed by atoms with Gasteiger partial charge in [-0.3, -0.25) is 19.8 Å². The fourth-order valence-electron chi connectivity index (χ4n) is 2.45. The van der Waals surface area contributed by atoms with E-state index < -0.39 is 6.10 Å². The number of hydrogen-bond donors (Lipinski definition) is 2. The minimum atomic E-state index is -0.458. The van der Waals surface area contributed by atoms with Gasteiger partial charge in [0.25, 0.3) is 5.91 Å². The number of H-pyrrole nitrogens is 1. The van der Waals surface area contributed by atoms with Crippen LogP contribution in [0.15, 0.2) is 30.6 Å². The maximum atomic E-state index is 12.4. The van der Waals surface area contributed by atoms with Crippen molar-refractivity contribution in [1.82, 2.24) is 20.1 Å². The first-order valence-electron chi connectivity index (χ1n) is 7.37. The highest BCUT2D eigenvalue weighted by Crippen LogP contribution is 2.23. The number of pyridine rings is 1. The average molecular weight is 301 g/mol. The van der Waals surface area contributed by atoms with Crippen molar-refractivity contribution in [1.29, 1.82) is 0 Å². The molecule has 1 aliphatic heterocycles. The Bertz CT molecular complexity index is 628. The molecule has 1 amide bonds. The molecular weight excluding hydrogens is 282 g/mol. The van der Waals surface area contributed by atoms with Crippen molar-refractivity contribution >= 4 is 11.6 Å². The number of aromatic amines is 1. The van der Waals surface area contributed by atoms with E-state index in [2.05, 4.69) is 32.3 Å². The Labute approximate surface area is 128 Å². The average Bonchev–Trinajstić information content (AvgIpc) is 3.04. The first-order valence-corrected chi connectivity index (χ1v) is 7.37. The number of nitrogens with zero attached hydrogens (tertiary/aromatic N) is 3. The topological polar surface area (TPSA) is 83.1 Å². The normalized spacial score (nSPS) is 19.0. The predicted octanol–water partition coefficient (Wildman–Crippen LogP) is 1.13. The Morgan fingerprint density at radius 3 is 3.23 bits per heavy atom. The summed E-state index contributed by atoms with van der Waals surface area (Å²) < 4.78 is 5.57. The zero-order chi connectivity index (χ0) is 15.4. The van der Waals surface area contributed by atoms with Gasteiger partial charge in [-0.15, -0.1) is 0 Å². The van der Waals surface area contributed by atoms with E-state index in [0.29, 0.717) is 24.5 Å². The molecule has 116 valence electrons. The molecule has 0 spiro atoms. The van der Waals surface area contributed by atoms with Gasteiger partial charge >= 0.3 is 0 Å². The molecule has 0 aromatic carbocycles. The number of hydrogen-bond acceptors (Lipinski definition) is 5.